The fraction of sp³-hybridized carbons (Fsp3) is 0.884. The van der Waals surface area contributed by atoms with Crippen LogP contribution in [0.5, 0.6) is 0 Å². The van der Waals surface area contributed by atoms with Crippen molar-refractivity contribution in [3.05, 3.63) is 23.3 Å². The van der Waals surface area contributed by atoms with Crippen LogP contribution < -0.4 is 0 Å². The van der Waals surface area contributed by atoms with Crippen LogP contribution in [0.2, 0.25) is 0 Å². The van der Waals surface area contributed by atoms with Crippen molar-refractivity contribution >= 4 is 5.97 Å². The minimum atomic E-state index is -1.57. The lowest BCUT2D eigenvalue weighted by Gasteiger charge is -2.67. The Bertz CT molecular complexity index is 1480. The van der Waals surface area contributed by atoms with Gasteiger partial charge in [0, 0.05) is 18.3 Å². The lowest BCUT2D eigenvalue weighted by molar-refractivity contribution is -0.316. The number of hydrogen-bond acceptors (Lipinski definition) is 13. The van der Waals surface area contributed by atoms with Crippen LogP contribution in [0.3, 0.4) is 0 Å². The van der Waals surface area contributed by atoms with Gasteiger partial charge >= 0.3 is 5.97 Å². The molecule has 2 heterocycles. The van der Waals surface area contributed by atoms with Crippen LogP contribution in [0.4, 0.5) is 0 Å². The predicted molar refractivity (Wildman–Crippen MR) is 204 cm³/mol. The van der Waals surface area contributed by atoms with Crippen molar-refractivity contribution in [2.75, 3.05) is 13.2 Å². The number of carbonyl (C=O) groups is 1. The molecular weight excluding hydrogens is 724 g/mol. The molecule has 13 nitrogen and oxygen atoms in total. The van der Waals surface area contributed by atoms with Crippen molar-refractivity contribution in [1.29, 1.82) is 0 Å². The summed E-state index contributed by atoms with van der Waals surface area (Å²) < 4.78 is 30.1. The molecule has 0 amide bonds. The van der Waals surface area contributed by atoms with Crippen molar-refractivity contribution in [1.82, 2.24) is 0 Å². The Morgan fingerprint density at radius 1 is 0.875 bits per heavy atom. The van der Waals surface area contributed by atoms with Gasteiger partial charge in [-0.15, -0.1) is 0 Å². The number of carbonyl (C=O) groups excluding carboxylic acids is 1. The molecule has 0 radical (unpaired) electrons. The van der Waals surface area contributed by atoms with Crippen LogP contribution >= 0.6 is 0 Å². The van der Waals surface area contributed by atoms with Gasteiger partial charge in [0.15, 0.2) is 12.6 Å². The quantitative estimate of drug-likeness (QED) is 0.126. The van der Waals surface area contributed by atoms with Crippen LogP contribution in [0.15, 0.2) is 23.3 Å². The van der Waals surface area contributed by atoms with E-state index in [2.05, 4.69) is 61.5 Å². The fourth-order valence-electron chi connectivity index (χ4n) is 12.6. The highest BCUT2D eigenvalue weighted by Gasteiger charge is 2.72. The van der Waals surface area contributed by atoms with Gasteiger partial charge in [0.1, 0.15) is 49.3 Å². The third kappa shape index (κ3) is 7.48. The summed E-state index contributed by atoms with van der Waals surface area (Å²) in [6.45, 7) is 18.5. The van der Waals surface area contributed by atoms with Crippen molar-refractivity contribution in [2.24, 2.45) is 45.3 Å². The summed E-state index contributed by atoms with van der Waals surface area (Å²) in [6, 6.07) is 0. The van der Waals surface area contributed by atoms with E-state index in [9.17, 15) is 40.5 Å². The smallest absolute Gasteiger partial charge is 0.302 e. The zero-order chi connectivity index (χ0) is 41.3. The van der Waals surface area contributed by atoms with Gasteiger partial charge in [-0.1, -0.05) is 64.8 Å². The fourth-order valence-corrected chi connectivity index (χ4v) is 12.6. The summed E-state index contributed by atoms with van der Waals surface area (Å²) in [4.78, 5) is 11.6. The molecular formula is C43H70O13. The molecule has 2 saturated heterocycles. The monoisotopic (exact) mass is 794 g/mol. The maximum absolute atomic E-state index is 12.5. The number of allylic oxidation sites excluding steroid dienone is 2. The molecule has 6 aliphatic rings. The van der Waals surface area contributed by atoms with E-state index in [0.29, 0.717) is 12.8 Å². The van der Waals surface area contributed by atoms with E-state index in [1.165, 1.54) is 12.5 Å². The summed E-state index contributed by atoms with van der Waals surface area (Å²) in [7, 11) is 0. The highest BCUT2D eigenvalue weighted by atomic mass is 16.7. The van der Waals surface area contributed by atoms with Crippen LogP contribution in [0.1, 0.15) is 107 Å². The molecule has 320 valence electrons. The van der Waals surface area contributed by atoms with Gasteiger partial charge < -0.3 is 59.4 Å². The molecule has 19 unspecified atom stereocenters. The number of esters is 1. The number of fused-ring (bicyclic) bond motifs is 5. The highest BCUT2D eigenvalue weighted by molar-refractivity contribution is 5.65. The van der Waals surface area contributed by atoms with Crippen molar-refractivity contribution < 1.29 is 64.2 Å². The molecule has 0 aromatic heterocycles. The Morgan fingerprint density at radius 3 is 2.21 bits per heavy atom. The Morgan fingerprint density at radius 2 is 1.55 bits per heavy atom. The summed E-state index contributed by atoms with van der Waals surface area (Å²) in [6.07, 6.45) is -3.63. The van der Waals surface area contributed by atoms with Gasteiger partial charge in [0.2, 0.25) is 0 Å². The second kappa shape index (κ2) is 16.2. The van der Waals surface area contributed by atoms with E-state index in [1.807, 2.05) is 6.08 Å². The molecule has 0 aromatic rings. The van der Waals surface area contributed by atoms with Crippen LogP contribution in [0, 0.1) is 45.3 Å². The van der Waals surface area contributed by atoms with Gasteiger partial charge in [0.25, 0.3) is 0 Å². The first-order chi connectivity index (χ1) is 26.1. The van der Waals surface area contributed by atoms with E-state index < -0.39 is 84.3 Å². The second-order valence-corrected chi connectivity index (χ2v) is 19.7. The van der Waals surface area contributed by atoms with Gasteiger partial charge in [-0.3, -0.25) is 4.79 Å². The largest absolute Gasteiger partial charge is 0.463 e. The number of hydrogen-bond donors (Lipinski definition) is 7. The molecule has 3 saturated carbocycles. The standard InChI is InChI=1S/C43H70O13/c1-21(2)11-10-12-22(3)31-28(54-39-36(51)34(49)33(48)29(55-39)20-52-23(4)44)18-43(9)37-26(45)17-25-24(41(37,7)15-16-42(31,43)8)13-14-30(40(25,5)6)56-38-35(50)32(47)27(46)19-53-38/h11,17,22,24,26-39,45-51H,10,12-16,18-20H2,1-9H3. The van der Waals surface area contributed by atoms with Crippen molar-refractivity contribution in [2.45, 2.75) is 181 Å². The molecule has 2 aliphatic heterocycles. The normalized spacial score (nSPS) is 49.1. The molecule has 13 heteroatoms. The van der Waals surface area contributed by atoms with Gasteiger partial charge in [0.05, 0.1) is 24.9 Å². The number of rotatable bonds is 10. The molecule has 19 atom stereocenters. The zero-order valence-electron chi connectivity index (χ0n) is 34.8. The molecule has 7 N–H and O–H groups in total. The zero-order valence-corrected chi connectivity index (χ0v) is 34.8. The van der Waals surface area contributed by atoms with Crippen LogP contribution in [-0.2, 0) is 28.5 Å². The van der Waals surface area contributed by atoms with Crippen LogP contribution in [-0.4, -0.2) is 129 Å². The first kappa shape index (κ1) is 44.1. The molecule has 6 rings (SSSR count). The van der Waals surface area contributed by atoms with Crippen LogP contribution in [0.25, 0.3) is 0 Å². The SMILES string of the molecule is CC(=O)OCC1OC(OC2CC3(C)C4C(O)C=C5C(CCC(OC6OCC(O)C(O)C6O)C5(C)C)C4(C)CCC3(C)C2C(C)CCC=C(C)C)C(O)C(O)C1O. The van der Waals surface area contributed by atoms with E-state index in [-0.39, 0.29) is 53.8 Å². The first-order valence-corrected chi connectivity index (χ1v) is 20.9. The maximum atomic E-state index is 12.5. The molecule has 0 aromatic carbocycles. The Balaban J connectivity index is 1.31. The molecule has 5 fully saturated rings. The average Bonchev–Trinajstić information content (AvgIpc) is 3.34. The summed E-state index contributed by atoms with van der Waals surface area (Å²) in [5, 5.41) is 76.3. The Hall–Kier alpha value is -1.49. The molecule has 0 spiro atoms. The second-order valence-electron chi connectivity index (χ2n) is 19.7. The first-order valence-electron chi connectivity index (χ1n) is 20.9. The number of aliphatic hydroxyl groups is 7. The molecule has 4 aliphatic carbocycles. The lowest BCUT2D eigenvalue weighted by atomic mass is 9.38. The number of aliphatic hydroxyl groups excluding tert-OH is 7. The Kier molecular flexibility index (Phi) is 12.7. The third-order valence-electron chi connectivity index (χ3n) is 15.7. The van der Waals surface area contributed by atoms with Crippen molar-refractivity contribution in [3.63, 3.8) is 0 Å². The van der Waals surface area contributed by atoms with Crippen molar-refractivity contribution in [3.8, 4) is 0 Å². The van der Waals surface area contributed by atoms with E-state index in [1.54, 1.807) is 0 Å². The van der Waals surface area contributed by atoms with Gasteiger partial charge in [-0.2, -0.15) is 0 Å². The van der Waals surface area contributed by atoms with E-state index in [4.69, 9.17) is 23.7 Å². The molecule has 0 bridgehead atoms. The average molecular weight is 795 g/mol. The Labute approximate surface area is 332 Å². The lowest BCUT2D eigenvalue weighted by Crippen LogP contribution is -2.63. The summed E-state index contributed by atoms with van der Waals surface area (Å²) in [5.74, 6) is -0.359. The predicted octanol–water partition coefficient (Wildman–Crippen LogP) is 3.13. The third-order valence-corrected chi connectivity index (χ3v) is 15.7. The van der Waals surface area contributed by atoms with Gasteiger partial charge in [-0.25, -0.2) is 0 Å². The summed E-state index contributed by atoms with van der Waals surface area (Å²) >= 11 is 0. The minimum Gasteiger partial charge on any atom is -0.463 e. The van der Waals surface area contributed by atoms with Gasteiger partial charge in [-0.05, 0) is 92.8 Å². The molecule has 56 heavy (non-hydrogen) atoms. The number of ether oxygens (including phenoxy) is 5. The topological polar surface area (TPSA) is 205 Å². The van der Waals surface area contributed by atoms with E-state index >= 15 is 0 Å². The van der Waals surface area contributed by atoms with E-state index in [0.717, 1.165) is 37.7 Å². The minimum absolute atomic E-state index is 0.00303. The highest BCUT2D eigenvalue weighted by Crippen LogP contribution is 2.75. The maximum Gasteiger partial charge on any atom is 0.302 e. The summed E-state index contributed by atoms with van der Waals surface area (Å²) in [5.41, 5.74) is 0.840.